The third-order valence-electron chi connectivity index (χ3n) is 5.20. The maximum absolute atomic E-state index is 14.8. The van der Waals surface area contributed by atoms with Gasteiger partial charge in [-0.2, -0.15) is 4.68 Å². The Hall–Kier alpha value is -2.26. The highest BCUT2D eigenvalue weighted by atomic mass is 35.5. The average Bonchev–Trinajstić information content (AvgIpc) is 2.97. The predicted molar refractivity (Wildman–Crippen MR) is 99.4 cm³/mol. The Morgan fingerprint density at radius 1 is 1.27 bits per heavy atom. The van der Waals surface area contributed by atoms with Gasteiger partial charge >= 0.3 is 5.69 Å². The lowest BCUT2D eigenvalue weighted by Crippen LogP contribution is -2.50. The van der Waals surface area contributed by atoms with Crippen LogP contribution in [0.5, 0.6) is 0 Å². The quantitative estimate of drug-likeness (QED) is 0.658. The predicted octanol–water partition coefficient (Wildman–Crippen LogP) is 0.303. The number of rotatable bonds is 3. The minimum Gasteiger partial charge on any atom is -0.366 e. The van der Waals surface area contributed by atoms with Gasteiger partial charge in [-0.25, -0.2) is 13.9 Å². The fraction of sp³-hybridized carbons (Fsp3) is 0.500. The highest BCUT2D eigenvalue weighted by molar-refractivity contribution is 6.38. The number of fused-ring (bicyclic) bond motifs is 1. The van der Waals surface area contributed by atoms with E-state index in [1.165, 1.54) is 4.68 Å². The molecule has 10 heteroatoms. The Morgan fingerprint density at radius 3 is 2.58 bits per heavy atom. The van der Waals surface area contributed by atoms with E-state index in [0.29, 0.717) is 24.2 Å². The third kappa shape index (κ3) is 2.53. The fourth-order valence-corrected chi connectivity index (χ4v) is 3.92. The van der Waals surface area contributed by atoms with Gasteiger partial charge < -0.3 is 21.9 Å². The molecule has 1 unspecified atom stereocenters. The van der Waals surface area contributed by atoms with Crippen LogP contribution in [-0.2, 0) is 0 Å². The molecule has 0 bridgehead atoms. The first kappa shape index (κ1) is 17.2. The molecule has 26 heavy (non-hydrogen) atoms. The van der Waals surface area contributed by atoms with Crippen LogP contribution in [0.15, 0.2) is 15.7 Å². The number of halogens is 2. The second kappa shape index (κ2) is 6.17. The molecule has 2 heterocycles. The van der Waals surface area contributed by atoms with Gasteiger partial charge in [0.15, 0.2) is 0 Å². The first-order valence-corrected chi connectivity index (χ1v) is 8.98. The molecule has 0 amide bonds. The van der Waals surface area contributed by atoms with Gasteiger partial charge in [0.25, 0.3) is 5.56 Å². The van der Waals surface area contributed by atoms with Crippen molar-refractivity contribution in [2.45, 2.75) is 37.8 Å². The van der Waals surface area contributed by atoms with Crippen molar-refractivity contribution in [3.05, 3.63) is 37.7 Å². The molecule has 1 aliphatic carbocycles. The number of hydrogen-bond donors (Lipinski definition) is 3. The summed E-state index contributed by atoms with van der Waals surface area (Å²) in [5, 5.41) is -0.0376. The number of nitrogen functional groups attached to an aromatic ring is 1. The highest BCUT2D eigenvalue weighted by Crippen LogP contribution is 2.36. The Morgan fingerprint density at radius 2 is 2.00 bits per heavy atom. The molecule has 1 aromatic carbocycles. The molecule has 1 aromatic heterocycles. The number of anilines is 1. The zero-order chi connectivity index (χ0) is 18.6. The first-order chi connectivity index (χ1) is 12.4. The largest absolute Gasteiger partial charge is 0.368 e. The van der Waals surface area contributed by atoms with E-state index in [1.54, 1.807) is 4.90 Å². The van der Waals surface area contributed by atoms with E-state index in [1.807, 2.05) is 0 Å². The van der Waals surface area contributed by atoms with E-state index in [-0.39, 0.29) is 33.7 Å². The topological polar surface area (TPSA) is 111 Å². The number of nitrogens with one attached hydrogen (secondary N) is 1. The standard InChI is InChI=1S/C16H20ClFN6O2/c17-12-13-10(6-11(18)14(12)22-5-4-8(19)7-22)15(25)23(20)16(26)24(13)21-9-2-1-3-9/h6,8-9,21H,1-5,7,19-20H2. The molecular formula is C16H20ClFN6O2. The molecule has 8 nitrogen and oxygen atoms in total. The molecule has 5 N–H and O–H groups in total. The van der Waals surface area contributed by atoms with Crippen LogP contribution < -0.4 is 33.2 Å². The molecule has 0 spiro atoms. The van der Waals surface area contributed by atoms with Crippen LogP contribution in [0.25, 0.3) is 10.9 Å². The number of nitrogens with zero attached hydrogens (tertiary/aromatic N) is 3. The van der Waals surface area contributed by atoms with Gasteiger partial charge in [-0.1, -0.05) is 11.6 Å². The van der Waals surface area contributed by atoms with Crippen molar-refractivity contribution >= 4 is 28.2 Å². The normalized spacial score (nSPS) is 20.6. The van der Waals surface area contributed by atoms with E-state index in [4.69, 9.17) is 23.2 Å². The lowest BCUT2D eigenvalue weighted by atomic mass is 9.94. The van der Waals surface area contributed by atoms with Crippen LogP contribution in [0.1, 0.15) is 25.7 Å². The monoisotopic (exact) mass is 382 g/mol. The molecule has 2 fully saturated rings. The second-order valence-electron chi connectivity index (χ2n) is 6.96. The Bertz CT molecular complexity index is 999. The molecule has 1 aliphatic heterocycles. The Labute approximate surface area is 153 Å². The summed E-state index contributed by atoms with van der Waals surface area (Å²) in [4.78, 5) is 26.7. The van der Waals surface area contributed by atoms with E-state index in [0.717, 1.165) is 25.3 Å². The van der Waals surface area contributed by atoms with E-state index in [9.17, 15) is 14.0 Å². The maximum atomic E-state index is 14.8. The zero-order valence-corrected chi connectivity index (χ0v) is 14.8. The van der Waals surface area contributed by atoms with Crippen LogP contribution in [-0.4, -0.2) is 34.5 Å². The molecule has 1 saturated heterocycles. The summed E-state index contributed by atoms with van der Waals surface area (Å²) < 4.78 is 16.4. The molecule has 2 aliphatic rings. The van der Waals surface area contributed by atoms with Crippen LogP contribution in [0.4, 0.5) is 10.1 Å². The van der Waals surface area contributed by atoms with E-state index >= 15 is 0 Å². The molecule has 2 aromatic rings. The summed E-state index contributed by atoms with van der Waals surface area (Å²) in [5.41, 5.74) is 7.75. The van der Waals surface area contributed by atoms with Crippen molar-refractivity contribution in [1.82, 2.24) is 9.35 Å². The summed E-state index contributed by atoms with van der Waals surface area (Å²) >= 11 is 6.51. The van der Waals surface area contributed by atoms with Gasteiger partial charge in [-0.3, -0.25) is 4.79 Å². The lowest BCUT2D eigenvalue weighted by Gasteiger charge is -2.29. The molecular weight excluding hydrogens is 363 g/mol. The molecule has 1 atom stereocenters. The Kier molecular flexibility index (Phi) is 4.07. The summed E-state index contributed by atoms with van der Waals surface area (Å²) in [6.07, 6.45) is 3.55. The van der Waals surface area contributed by atoms with E-state index in [2.05, 4.69) is 5.43 Å². The van der Waals surface area contributed by atoms with Gasteiger partial charge in [-0.15, -0.1) is 0 Å². The van der Waals surface area contributed by atoms with Gasteiger partial charge in [0.1, 0.15) is 11.3 Å². The van der Waals surface area contributed by atoms with Crippen LogP contribution in [0.3, 0.4) is 0 Å². The smallest absolute Gasteiger partial charge is 0.366 e. The van der Waals surface area contributed by atoms with Crippen molar-refractivity contribution in [2.24, 2.45) is 5.73 Å². The summed E-state index contributed by atoms with van der Waals surface area (Å²) in [7, 11) is 0. The van der Waals surface area contributed by atoms with Crippen molar-refractivity contribution in [1.29, 1.82) is 0 Å². The summed E-state index contributed by atoms with van der Waals surface area (Å²) in [6, 6.07) is 1.09. The van der Waals surface area contributed by atoms with Crippen molar-refractivity contribution in [2.75, 3.05) is 29.3 Å². The number of hydrogen-bond acceptors (Lipinski definition) is 6. The first-order valence-electron chi connectivity index (χ1n) is 8.60. The van der Waals surface area contributed by atoms with Crippen LogP contribution in [0.2, 0.25) is 5.02 Å². The van der Waals surface area contributed by atoms with Crippen LogP contribution in [0, 0.1) is 5.82 Å². The van der Waals surface area contributed by atoms with Crippen molar-refractivity contribution in [3.63, 3.8) is 0 Å². The Balaban J connectivity index is 1.99. The SMILES string of the molecule is NC1CCN(c2c(F)cc3c(=O)n(N)c(=O)n(NC4CCC4)c3c2Cl)C1. The fourth-order valence-electron chi connectivity index (χ4n) is 3.52. The molecule has 1 saturated carbocycles. The lowest BCUT2D eigenvalue weighted by molar-refractivity contribution is 0.412. The maximum Gasteiger partial charge on any atom is 0.368 e. The third-order valence-corrected chi connectivity index (χ3v) is 5.55. The zero-order valence-electron chi connectivity index (χ0n) is 14.0. The number of benzene rings is 1. The number of nitrogens with two attached hydrogens (primary N) is 2. The van der Waals surface area contributed by atoms with Crippen LogP contribution >= 0.6 is 11.6 Å². The molecule has 0 radical (unpaired) electrons. The number of aromatic nitrogens is 2. The second-order valence-corrected chi connectivity index (χ2v) is 7.34. The minimum atomic E-state index is -0.790. The summed E-state index contributed by atoms with van der Waals surface area (Å²) in [5.74, 6) is 4.96. The summed E-state index contributed by atoms with van der Waals surface area (Å²) in [6.45, 7) is 1.01. The van der Waals surface area contributed by atoms with Gasteiger partial charge in [0, 0.05) is 25.2 Å². The van der Waals surface area contributed by atoms with E-state index < -0.39 is 17.1 Å². The van der Waals surface area contributed by atoms with Crippen molar-refractivity contribution in [3.8, 4) is 0 Å². The van der Waals surface area contributed by atoms with Gasteiger partial charge in [0.05, 0.1) is 16.1 Å². The molecule has 4 rings (SSSR count). The van der Waals surface area contributed by atoms with Gasteiger partial charge in [0.2, 0.25) is 0 Å². The minimum absolute atomic E-state index is 0.00993. The highest BCUT2D eigenvalue weighted by Gasteiger charge is 2.28. The van der Waals surface area contributed by atoms with Crippen molar-refractivity contribution < 1.29 is 4.39 Å². The average molecular weight is 383 g/mol. The van der Waals surface area contributed by atoms with Gasteiger partial charge in [-0.05, 0) is 31.7 Å². The molecule has 140 valence electrons.